The fraction of sp³-hybridized carbons (Fsp3) is 0.556. The van der Waals surface area contributed by atoms with Crippen molar-refractivity contribution >= 4 is 27.5 Å². The molecule has 2 heterocycles. The van der Waals surface area contributed by atoms with Crippen molar-refractivity contribution in [2.45, 2.75) is 50.6 Å². The van der Waals surface area contributed by atoms with Crippen molar-refractivity contribution in [1.82, 2.24) is 25.1 Å². The quantitative estimate of drug-likeness (QED) is 0.653. The fourth-order valence-corrected chi connectivity index (χ4v) is 6.11. The average molecular weight is 424 g/mol. The lowest BCUT2D eigenvalue weighted by Crippen LogP contribution is -2.44. The molecular weight excluding hydrogens is 398 g/mol. The summed E-state index contributed by atoms with van der Waals surface area (Å²) in [5.41, 5.74) is 3.06. The molecule has 8 nitrogen and oxygen atoms in total. The molecule has 0 aliphatic carbocycles. The number of tetrazole rings is 1. The van der Waals surface area contributed by atoms with E-state index < -0.39 is 15.1 Å². The standard InChI is InChI=1S/C18H25N5O3S2/c1-5-22(15-8-9-28(25,26)11-15)17(24)14(4)27-18-19-20-21-23(18)16-7-6-12(2)10-13(16)3/h6-7,10,14-15H,5,8-9,11H2,1-4H3/t14-,15-/m1/s1. The van der Waals surface area contributed by atoms with Gasteiger partial charge in [0.2, 0.25) is 11.1 Å². The van der Waals surface area contributed by atoms with Gasteiger partial charge in [0.15, 0.2) is 9.84 Å². The van der Waals surface area contributed by atoms with E-state index in [-0.39, 0.29) is 23.5 Å². The molecule has 0 bridgehead atoms. The molecule has 1 aromatic carbocycles. The maximum Gasteiger partial charge on any atom is 0.236 e. The van der Waals surface area contributed by atoms with Crippen LogP contribution in [0.4, 0.5) is 0 Å². The van der Waals surface area contributed by atoms with E-state index in [1.165, 1.54) is 11.8 Å². The highest BCUT2D eigenvalue weighted by molar-refractivity contribution is 8.00. The first-order valence-electron chi connectivity index (χ1n) is 9.25. The Labute approximate surface area is 169 Å². The monoisotopic (exact) mass is 423 g/mol. The first-order valence-corrected chi connectivity index (χ1v) is 12.0. The average Bonchev–Trinajstić information content (AvgIpc) is 3.22. The number of rotatable bonds is 6. The van der Waals surface area contributed by atoms with E-state index in [1.54, 1.807) is 16.5 Å². The zero-order chi connectivity index (χ0) is 20.5. The van der Waals surface area contributed by atoms with Crippen LogP contribution in [0.15, 0.2) is 23.4 Å². The number of hydrogen-bond acceptors (Lipinski definition) is 7. The Morgan fingerprint density at radius 3 is 2.75 bits per heavy atom. The highest BCUT2D eigenvalue weighted by Gasteiger charge is 2.35. The highest BCUT2D eigenvalue weighted by atomic mass is 32.2. The largest absolute Gasteiger partial charge is 0.338 e. The molecule has 1 fully saturated rings. The lowest BCUT2D eigenvalue weighted by Gasteiger charge is -2.29. The summed E-state index contributed by atoms with van der Waals surface area (Å²) in [6.45, 7) is 8.17. The van der Waals surface area contributed by atoms with Gasteiger partial charge < -0.3 is 4.90 Å². The molecule has 10 heteroatoms. The van der Waals surface area contributed by atoms with Gasteiger partial charge in [-0.2, -0.15) is 4.68 Å². The molecule has 1 amide bonds. The zero-order valence-corrected chi connectivity index (χ0v) is 18.1. The first-order chi connectivity index (χ1) is 13.2. The molecule has 1 aliphatic rings. The van der Waals surface area contributed by atoms with E-state index in [0.717, 1.165) is 16.8 Å². The van der Waals surface area contributed by atoms with Gasteiger partial charge in [0.1, 0.15) is 0 Å². The number of carbonyl (C=O) groups excluding carboxylic acids is 1. The van der Waals surface area contributed by atoms with Crippen molar-refractivity contribution in [3.63, 3.8) is 0 Å². The van der Waals surface area contributed by atoms with Crippen molar-refractivity contribution in [1.29, 1.82) is 0 Å². The molecule has 152 valence electrons. The van der Waals surface area contributed by atoms with Gasteiger partial charge >= 0.3 is 0 Å². The summed E-state index contributed by atoms with van der Waals surface area (Å²) in [5.74, 6) is 0.0998. The van der Waals surface area contributed by atoms with Crippen LogP contribution in [0.2, 0.25) is 0 Å². The maximum atomic E-state index is 13.0. The van der Waals surface area contributed by atoms with E-state index in [4.69, 9.17) is 0 Å². The van der Waals surface area contributed by atoms with Gasteiger partial charge in [-0.05, 0) is 56.2 Å². The normalized spacial score (nSPS) is 19.5. The lowest BCUT2D eigenvalue weighted by atomic mass is 10.1. The van der Waals surface area contributed by atoms with E-state index in [2.05, 4.69) is 21.6 Å². The Hall–Kier alpha value is -1.94. The molecule has 2 aromatic rings. The highest BCUT2D eigenvalue weighted by Crippen LogP contribution is 2.27. The number of hydrogen-bond donors (Lipinski definition) is 0. The second-order valence-electron chi connectivity index (χ2n) is 7.10. The molecule has 28 heavy (non-hydrogen) atoms. The molecule has 0 N–H and O–H groups in total. The predicted molar refractivity (Wildman–Crippen MR) is 108 cm³/mol. The van der Waals surface area contributed by atoms with Crippen molar-refractivity contribution < 1.29 is 13.2 Å². The minimum Gasteiger partial charge on any atom is -0.338 e. The zero-order valence-electron chi connectivity index (χ0n) is 16.5. The third-order valence-corrected chi connectivity index (χ3v) is 7.70. The van der Waals surface area contributed by atoms with Crippen molar-refractivity contribution in [2.24, 2.45) is 0 Å². The smallest absolute Gasteiger partial charge is 0.236 e. The van der Waals surface area contributed by atoms with Gasteiger partial charge in [0, 0.05) is 12.6 Å². The van der Waals surface area contributed by atoms with Crippen LogP contribution in [0.3, 0.4) is 0 Å². The number of amides is 1. The maximum absolute atomic E-state index is 13.0. The van der Waals surface area contributed by atoms with Gasteiger partial charge in [-0.15, -0.1) is 5.10 Å². The minimum atomic E-state index is -3.05. The van der Waals surface area contributed by atoms with Crippen LogP contribution in [0.5, 0.6) is 0 Å². The molecule has 0 saturated carbocycles. The predicted octanol–water partition coefficient (Wildman–Crippen LogP) is 1.80. The summed E-state index contributed by atoms with van der Waals surface area (Å²) in [6, 6.07) is 5.76. The van der Waals surface area contributed by atoms with E-state index >= 15 is 0 Å². The second-order valence-corrected chi connectivity index (χ2v) is 10.6. The Morgan fingerprint density at radius 1 is 1.39 bits per heavy atom. The molecule has 0 unspecified atom stereocenters. The molecular formula is C18H25N5O3S2. The lowest BCUT2D eigenvalue weighted by molar-refractivity contribution is -0.131. The number of benzene rings is 1. The number of sulfone groups is 1. The second kappa shape index (κ2) is 8.20. The fourth-order valence-electron chi connectivity index (χ4n) is 3.50. The van der Waals surface area contributed by atoms with Gasteiger partial charge in [-0.1, -0.05) is 29.5 Å². The Kier molecular flexibility index (Phi) is 6.09. The SMILES string of the molecule is CCN(C(=O)[C@@H](C)Sc1nnnn1-c1ccc(C)cc1C)[C@@H]1CCS(=O)(=O)C1. The van der Waals surface area contributed by atoms with Crippen LogP contribution in [-0.2, 0) is 14.6 Å². The molecule has 3 rings (SSSR count). The summed E-state index contributed by atoms with van der Waals surface area (Å²) < 4.78 is 25.2. The third-order valence-electron chi connectivity index (χ3n) is 4.92. The van der Waals surface area contributed by atoms with Crippen LogP contribution >= 0.6 is 11.8 Å². The van der Waals surface area contributed by atoms with Crippen molar-refractivity contribution in [3.8, 4) is 5.69 Å². The Bertz CT molecular complexity index is 973. The number of aryl methyl sites for hydroxylation is 2. The van der Waals surface area contributed by atoms with Crippen LogP contribution < -0.4 is 0 Å². The summed E-state index contributed by atoms with van der Waals surface area (Å²) in [7, 11) is -3.05. The molecule has 1 aliphatic heterocycles. The van der Waals surface area contributed by atoms with Crippen LogP contribution in [0, 0.1) is 13.8 Å². The number of aromatic nitrogens is 4. The summed E-state index contributed by atoms with van der Waals surface area (Å²) in [5, 5.41) is 12.0. The Balaban J connectivity index is 1.77. The van der Waals surface area contributed by atoms with Gasteiger partial charge in [-0.25, -0.2) is 8.42 Å². The van der Waals surface area contributed by atoms with Gasteiger partial charge in [0.25, 0.3) is 0 Å². The number of carbonyl (C=O) groups is 1. The molecule has 1 aromatic heterocycles. The number of nitrogens with zero attached hydrogens (tertiary/aromatic N) is 5. The topological polar surface area (TPSA) is 98.1 Å². The number of thioether (sulfide) groups is 1. The molecule has 0 spiro atoms. The van der Waals surface area contributed by atoms with Gasteiger partial charge in [-0.3, -0.25) is 4.79 Å². The summed E-state index contributed by atoms with van der Waals surface area (Å²) in [4.78, 5) is 14.7. The van der Waals surface area contributed by atoms with E-state index in [9.17, 15) is 13.2 Å². The molecule has 0 radical (unpaired) electrons. The van der Waals surface area contributed by atoms with Crippen LogP contribution in [-0.4, -0.2) is 68.8 Å². The first kappa shape index (κ1) is 20.8. The van der Waals surface area contributed by atoms with E-state index in [0.29, 0.717) is 18.1 Å². The van der Waals surface area contributed by atoms with Gasteiger partial charge in [0.05, 0.1) is 22.4 Å². The minimum absolute atomic E-state index is 0.0459. The van der Waals surface area contributed by atoms with Crippen molar-refractivity contribution in [3.05, 3.63) is 29.3 Å². The van der Waals surface area contributed by atoms with E-state index in [1.807, 2.05) is 32.9 Å². The summed E-state index contributed by atoms with van der Waals surface area (Å²) in [6.07, 6.45) is 0.500. The van der Waals surface area contributed by atoms with Crippen molar-refractivity contribution in [2.75, 3.05) is 18.1 Å². The Morgan fingerprint density at radius 2 is 2.14 bits per heavy atom. The third kappa shape index (κ3) is 4.38. The molecule has 1 saturated heterocycles. The van der Waals surface area contributed by atoms with Crippen LogP contribution in [0.1, 0.15) is 31.4 Å². The molecule has 2 atom stereocenters. The summed E-state index contributed by atoms with van der Waals surface area (Å²) >= 11 is 1.28. The van der Waals surface area contributed by atoms with Crippen LogP contribution in [0.25, 0.3) is 5.69 Å².